The van der Waals surface area contributed by atoms with E-state index >= 15 is 0 Å². The molecule has 5 nitrogen and oxygen atoms in total. The highest BCUT2D eigenvalue weighted by Gasteiger charge is 2.11. The van der Waals surface area contributed by atoms with Gasteiger partial charge in [-0.1, -0.05) is 18.2 Å². The average molecular weight is 355 g/mol. The van der Waals surface area contributed by atoms with Gasteiger partial charge in [0.25, 0.3) is 0 Å². The first-order valence-electron chi connectivity index (χ1n) is 8.52. The van der Waals surface area contributed by atoms with E-state index in [0.29, 0.717) is 23.6 Å². The number of rotatable bonds is 8. The van der Waals surface area contributed by atoms with Crippen molar-refractivity contribution in [2.45, 2.75) is 33.2 Å². The fraction of sp³-hybridized carbons (Fsp3) is 0.333. The fourth-order valence-electron chi connectivity index (χ4n) is 2.57. The Morgan fingerprint density at radius 1 is 0.885 bits per heavy atom. The fourth-order valence-corrected chi connectivity index (χ4v) is 2.57. The number of ketones is 1. The first kappa shape index (κ1) is 19.5. The van der Waals surface area contributed by atoms with E-state index in [4.69, 9.17) is 9.47 Å². The quantitative estimate of drug-likeness (QED) is 0.735. The summed E-state index contributed by atoms with van der Waals surface area (Å²) in [5.74, 6) is 1.08. The van der Waals surface area contributed by atoms with Crippen LogP contribution in [0.15, 0.2) is 36.4 Å². The molecule has 2 aromatic carbocycles. The second-order valence-corrected chi connectivity index (χ2v) is 6.19. The third kappa shape index (κ3) is 5.09. The van der Waals surface area contributed by atoms with E-state index in [1.54, 1.807) is 20.3 Å². The molecular weight excluding hydrogens is 330 g/mol. The maximum atomic E-state index is 12.2. The Hall–Kier alpha value is -2.82. The Kier molecular flexibility index (Phi) is 6.78. The van der Waals surface area contributed by atoms with Gasteiger partial charge in [0.2, 0.25) is 5.91 Å². The van der Waals surface area contributed by atoms with E-state index in [-0.39, 0.29) is 24.5 Å². The van der Waals surface area contributed by atoms with Crippen molar-refractivity contribution in [3.63, 3.8) is 0 Å². The van der Waals surface area contributed by atoms with Crippen LogP contribution in [0.25, 0.3) is 0 Å². The Labute approximate surface area is 154 Å². The maximum Gasteiger partial charge on any atom is 0.220 e. The van der Waals surface area contributed by atoms with Crippen molar-refractivity contribution in [3.05, 3.63) is 58.7 Å². The molecular formula is C21H25NO4. The molecule has 0 saturated heterocycles. The molecule has 0 heterocycles. The van der Waals surface area contributed by atoms with Crippen LogP contribution in [-0.2, 0) is 11.3 Å². The minimum Gasteiger partial charge on any atom is -0.493 e. The highest BCUT2D eigenvalue weighted by molar-refractivity contribution is 5.98. The van der Waals surface area contributed by atoms with Gasteiger partial charge in [-0.15, -0.1) is 0 Å². The zero-order valence-electron chi connectivity index (χ0n) is 15.7. The number of nitrogens with one attached hydrogen (secondary N) is 1. The van der Waals surface area contributed by atoms with E-state index in [1.165, 1.54) is 0 Å². The molecule has 138 valence electrons. The first-order valence-corrected chi connectivity index (χ1v) is 8.52. The molecule has 1 N–H and O–H groups in total. The molecule has 0 unspecified atom stereocenters. The van der Waals surface area contributed by atoms with Crippen molar-refractivity contribution >= 4 is 11.7 Å². The van der Waals surface area contributed by atoms with Gasteiger partial charge >= 0.3 is 0 Å². The number of carbonyl (C=O) groups is 2. The van der Waals surface area contributed by atoms with Crippen molar-refractivity contribution in [2.24, 2.45) is 0 Å². The molecule has 0 radical (unpaired) electrons. The number of hydrogen-bond acceptors (Lipinski definition) is 4. The standard InChI is InChI=1S/C21H25NO4/c1-14-5-7-17(11-15(14)2)18(23)8-10-21(24)22-13-16-6-9-19(25-3)20(12-16)26-4/h5-7,9,11-12H,8,10,13H2,1-4H3,(H,22,24). The molecule has 5 heteroatoms. The number of methoxy groups -OCH3 is 2. The lowest BCUT2D eigenvalue weighted by molar-refractivity contribution is -0.121. The van der Waals surface area contributed by atoms with Gasteiger partial charge in [-0.25, -0.2) is 0 Å². The number of ether oxygens (including phenoxy) is 2. The van der Waals surface area contributed by atoms with Crippen molar-refractivity contribution in [1.29, 1.82) is 0 Å². The van der Waals surface area contributed by atoms with Crippen LogP contribution in [0.4, 0.5) is 0 Å². The smallest absolute Gasteiger partial charge is 0.220 e. The van der Waals surface area contributed by atoms with Gasteiger partial charge in [0.1, 0.15) is 0 Å². The molecule has 0 spiro atoms. The Morgan fingerprint density at radius 2 is 1.62 bits per heavy atom. The van der Waals surface area contributed by atoms with E-state index in [1.807, 2.05) is 44.2 Å². The monoisotopic (exact) mass is 355 g/mol. The largest absolute Gasteiger partial charge is 0.493 e. The summed E-state index contributed by atoms with van der Waals surface area (Å²) in [4.78, 5) is 24.3. The highest BCUT2D eigenvalue weighted by Crippen LogP contribution is 2.27. The summed E-state index contributed by atoms with van der Waals surface area (Å²) in [5, 5.41) is 2.83. The second-order valence-electron chi connectivity index (χ2n) is 6.19. The molecule has 0 fully saturated rings. The van der Waals surface area contributed by atoms with Crippen LogP contribution in [0, 0.1) is 13.8 Å². The molecule has 2 aromatic rings. The van der Waals surface area contributed by atoms with Crippen LogP contribution in [-0.4, -0.2) is 25.9 Å². The summed E-state index contributed by atoms with van der Waals surface area (Å²) < 4.78 is 10.4. The normalized spacial score (nSPS) is 10.3. The lowest BCUT2D eigenvalue weighted by Crippen LogP contribution is -2.23. The first-order chi connectivity index (χ1) is 12.4. The van der Waals surface area contributed by atoms with E-state index in [9.17, 15) is 9.59 Å². The summed E-state index contributed by atoms with van der Waals surface area (Å²) >= 11 is 0. The van der Waals surface area contributed by atoms with Gasteiger partial charge in [-0.05, 0) is 48.7 Å². The Balaban J connectivity index is 1.85. The lowest BCUT2D eigenvalue weighted by atomic mass is 10.0. The number of hydrogen-bond donors (Lipinski definition) is 1. The summed E-state index contributed by atoms with van der Waals surface area (Å²) in [5.41, 5.74) is 3.78. The highest BCUT2D eigenvalue weighted by atomic mass is 16.5. The predicted molar refractivity (Wildman–Crippen MR) is 101 cm³/mol. The molecule has 0 saturated carbocycles. The Bertz CT molecular complexity index is 799. The summed E-state index contributed by atoms with van der Waals surface area (Å²) in [6.07, 6.45) is 0.360. The topological polar surface area (TPSA) is 64.6 Å². The van der Waals surface area contributed by atoms with Gasteiger partial charge in [-0.3, -0.25) is 9.59 Å². The van der Waals surface area contributed by atoms with E-state index < -0.39 is 0 Å². The van der Waals surface area contributed by atoms with Gasteiger partial charge < -0.3 is 14.8 Å². The third-order valence-corrected chi connectivity index (χ3v) is 4.35. The van der Waals surface area contributed by atoms with Crippen LogP contribution in [0.5, 0.6) is 11.5 Å². The van der Waals surface area contributed by atoms with Crippen LogP contribution in [0.2, 0.25) is 0 Å². The number of aryl methyl sites for hydroxylation is 2. The van der Waals surface area contributed by atoms with Crippen molar-refractivity contribution < 1.29 is 19.1 Å². The number of amides is 1. The third-order valence-electron chi connectivity index (χ3n) is 4.35. The molecule has 0 aliphatic heterocycles. The van der Waals surface area contributed by atoms with Crippen LogP contribution < -0.4 is 14.8 Å². The maximum absolute atomic E-state index is 12.2. The van der Waals surface area contributed by atoms with E-state index in [0.717, 1.165) is 16.7 Å². The molecule has 0 atom stereocenters. The number of carbonyl (C=O) groups excluding carboxylic acids is 2. The molecule has 2 rings (SSSR count). The van der Waals surface area contributed by atoms with Crippen molar-refractivity contribution in [1.82, 2.24) is 5.32 Å². The van der Waals surface area contributed by atoms with Crippen LogP contribution >= 0.6 is 0 Å². The molecule has 26 heavy (non-hydrogen) atoms. The van der Waals surface area contributed by atoms with Gasteiger partial charge in [0, 0.05) is 24.9 Å². The predicted octanol–water partition coefficient (Wildman–Crippen LogP) is 3.60. The molecule has 0 aromatic heterocycles. The van der Waals surface area contributed by atoms with Crippen LogP contribution in [0.3, 0.4) is 0 Å². The molecule has 0 aliphatic rings. The van der Waals surface area contributed by atoms with E-state index in [2.05, 4.69) is 5.32 Å². The average Bonchev–Trinajstić information content (AvgIpc) is 2.66. The zero-order chi connectivity index (χ0) is 19.1. The second kappa shape index (κ2) is 9.04. The summed E-state index contributed by atoms with van der Waals surface area (Å²) in [6.45, 7) is 4.35. The number of benzene rings is 2. The molecule has 0 bridgehead atoms. The molecule has 0 aliphatic carbocycles. The van der Waals surface area contributed by atoms with Gasteiger partial charge in [0.15, 0.2) is 17.3 Å². The Morgan fingerprint density at radius 3 is 2.27 bits per heavy atom. The minimum absolute atomic E-state index is 0.0191. The van der Waals surface area contributed by atoms with Gasteiger partial charge in [0.05, 0.1) is 14.2 Å². The lowest BCUT2D eigenvalue weighted by Gasteiger charge is -2.10. The van der Waals surface area contributed by atoms with Crippen molar-refractivity contribution in [2.75, 3.05) is 14.2 Å². The SMILES string of the molecule is COc1ccc(CNC(=O)CCC(=O)c2ccc(C)c(C)c2)cc1OC. The summed E-state index contributed by atoms with van der Waals surface area (Å²) in [6, 6.07) is 11.1. The summed E-state index contributed by atoms with van der Waals surface area (Å²) in [7, 11) is 3.14. The zero-order valence-corrected chi connectivity index (χ0v) is 15.7. The molecule has 1 amide bonds. The number of Topliss-reactive ketones (excluding diaryl/α,β-unsaturated/α-hetero) is 1. The van der Waals surface area contributed by atoms with Gasteiger partial charge in [-0.2, -0.15) is 0 Å². The van der Waals surface area contributed by atoms with Crippen LogP contribution in [0.1, 0.15) is 39.9 Å². The van der Waals surface area contributed by atoms with Crippen molar-refractivity contribution in [3.8, 4) is 11.5 Å². The minimum atomic E-state index is -0.156.